The van der Waals surface area contributed by atoms with E-state index in [1.807, 2.05) is 59.5 Å². The minimum atomic E-state index is -1.26. The van der Waals surface area contributed by atoms with Crippen molar-refractivity contribution >= 4 is 34.9 Å². The van der Waals surface area contributed by atoms with Gasteiger partial charge in [0.2, 0.25) is 11.9 Å². The van der Waals surface area contributed by atoms with E-state index in [0.717, 1.165) is 16.8 Å². The number of imidazole rings is 1. The topological polar surface area (TPSA) is 203 Å². The first kappa shape index (κ1) is 34.8. The van der Waals surface area contributed by atoms with Crippen LogP contribution in [0.1, 0.15) is 41.6 Å². The number of anilines is 2. The summed E-state index contributed by atoms with van der Waals surface area (Å²) in [5.41, 5.74) is 3.94. The second kappa shape index (κ2) is 15.7. The maximum absolute atomic E-state index is 12.7. The van der Waals surface area contributed by atoms with Crippen LogP contribution >= 0.6 is 0 Å². The molecule has 1 aliphatic heterocycles. The molecule has 0 radical (unpaired) electrons. The molecule has 7 rings (SSSR count). The lowest BCUT2D eigenvalue weighted by Gasteiger charge is -2.22. The molecule has 5 atom stereocenters. The number of aliphatic hydroxyl groups excluding tert-OH is 3. The van der Waals surface area contributed by atoms with Crippen molar-refractivity contribution < 1.29 is 24.9 Å². The van der Waals surface area contributed by atoms with Gasteiger partial charge in [0.15, 0.2) is 17.0 Å². The molecule has 15 heteroatoms. The minimum Gasteiger partial charge on any atom is -0.388 e. The molecule has 15 nitrogen and oxygen atoms in total. The number of nitrogens with one attached hydrogen (secondary N) is 4. The molecule has 3 amide bonds. The molecule has 0 spiro atoms. The smallest absolute Gasteiger partial charge is 0.315 e. The van der Waals surface area contributed by atoms with Crippen LogP contribution in [0.3, 0.4) is 0 Å². The molecule has 1 saturated carbocycles. The molecule has 5 aromatic rings. The Labute approximate surface area is 300 Å². The van der Waals surface area contributed by atoms with Gasteiger partial charge in [-0.2, -0.15) is 9.97 Å². The zero-order valence-corrected chi connectivity index (χ0v) is 28.4. The first-order valence-electron chi connectivity index (χ1n) is 17.4. The third kappa shape index (κ3) is 7.66. The summed E-state index contributed by atoms with van der Waals surface area (Å²) in [6.45, 7) is 1.12. The number of fused-ring (bicyclic) bond motifs is 1. The van der Waals surface area contributed by atoms with Crippen LogP contribution in [-0.2, 0) is 11.3 Å². The predicted molar refractivity (Wildman–Crippen MR) is 193 cm³/mol. The number of amides is 3. The fraction of sp³-hybridized carbons (Fsp3) is 0.351. The summed E-state index contributed by atoms with van der Waals surface area (Å²) in [7, 11) is 0. The summed E-state index contributed by atoms with van der Waals surface area (Å²) in [6.07, 6.45) is 1.61. The molecule has 7 N–H and O–H groups in total. The molecule has 52 heavy (non-hydrogen) atoms. The third-order valence-corrected chi connectivity index (χ3v) is 9.75. The summed E-state index contributed by atoms with van der Waals surface area (Å²) < 4.78 is 1.72. The summed E-state index contributed by atoms with van der Waals surface area (Å²) >= 11 is 0. The van der Waals surface area contributed by atoms with Crippen LogP contribution in [0, 0.1) is 0 Å². The monoisotopic (exact) mass is 706 g/mol. The van der Waals surface area contributed by atoms with Gasteiger partial charge in [0, 0.05) is 37.8 Å². The number of benzene rings is 2. The van der Waals surface area contributed by atoms with E-state index in [2.05, 4.69) is 55.5 Å². The minimum absolute atomic E-state index is 0.00869. The maximum atomic E-state index is 12.7. The Kier molecular flexibility index (Phi) is 10.5. The third-order valence-electron chi connectivity index (χ3n) is 9.75. The van der Waals surface area contributed by atoms with Crippen molar-refractivity contribution in [3.8, 4) is 0 Å². The van der Waals surface area contributed by atoms with Gasteiger partial charge >= 0.3 is 6.03 Å². The van der Waals surface area contributed by atoms with Crippen LogP contribution in [0.25, 0.3) is 11.2 Å². The van der Waals surface area contributed by atoms with E-state index in [1.165, 1.54) is 0 Å². The normalized spacial score (nSPS) is 21.4. The van der Waals surface area contributed by atoms with Crippen molar-refractivity contribution in [3.05, 3.63) is 108 Å². The Bertz CT molecular complexity index is 1930. The lowest BCUT2D eigenvalue weighted by Crippen LogP contribution is -2.44. The molecule has 1 saturated heterocycles. The fourth-order valence-electron chi connectivity index (χ4n) is 7.06. The SMILES string of the molecule is O=C(CO)N[C@H]1C[C@@H](n2cnc3c(NCC(c4ccccc4)c4ccccc4)nc(N4CC[C@@H](NC(=O)NCc5ccccn5)C4)nc32)[C@H](O)[C@@H]1O. The van der Waals surface area contributed by atoms with Gasteiger partial charge in [0.05, 0.1) is 30.6 Å². The lowest BCUT2D eigenvalue weighted by molar-refractivity contribution is -0.125. The van der Waals surface area contributed by atoms with E-state index >= 15 is 0 Å². The molecule has 2 aromatic carbocycles. The average molecular weight is 707 g/mol. The zero-order valence-electron chi connectivity index (χ0n) is 28.4. The number of hydrogen-bond acceptors (Lipinski definition) is 11. The van der Waals surface area contributed by atoms with Crippen molar-refractivity contribution in [1.29, 1.82) is 0 Å². The number of aromatic nitrogens is 5. The number of carbonyl (C=O) groups is 2. The molecule has 0 unspecified atom stereocenters. The highest BCUT2D eigenvalue weighted by atomic mass is 16.3. The highest BCUT2D eigenvalue weighted by Gasteiger charge is 2.44. The summed E-state index contributed by atoms with van der Waals surface area (Å²) in [5, 5.41) is 43.2. The maximum Gasteiger partial charge on any atom is 0.315 e. The number of pyridine rings is 1. The summed E-state index contributed by atoms with van der Waals surface area (Å²) in [4.78, 5) is 45.5. The number of aliphatic hydroxyl groups is 3. The van der Waals surface area contributed by atoms with Crippen molar-refractivity contribution in [2.24, 2.45) is 0 Å². The van der Waals surface area contributed by atoms with Crippen LogP contribution in [0.4, 0.5) is 16.6 Å². The van der Waals surface area contributed by atoms with Crippen LogP contribution in [0.15, 0.2) is 91.4 Å². The van der Waals surface area contributed by atoms with Gasteiger partial charge in [-0.3, -0.25) is 9.78 Å². The van der Waals surface area contributed by atoms with E-state index in [9.17, 15) is 24.9 Å². The summed E-state index contributed by atoms with van der Waals surface area (Å²) in [5.74, 6) is 0.269. The van der Waals surface area contributed by atoms with Crippen molar-refractivity contribution in [2.75, 3.05) is 36.5 Å². The van der Waals surface area contributed by atoms with Crippen molar-refractivity contribution in [2.45, 2.75) is 55.6 Å². The van der Waals surface area contributed by atoms with E-state index in [-0.39, 0.29) is 24.4 Å². The van der Waals surface area contributed by atoms with Gasteiger partial charge in [-0.05, 0) is 36.1 Å². The zero-order chi connectivity index (χ0) is 36.0. The number of carbonyl (C=O) groups excluding carboxylic acids is 2. The Morgan fingerprint density at radius 3 is 2.31 bits per heavy atom. The Morgan fingerprint density at radius 1 is 0.885 bits per heavy atom. The molecule has 1 aliphatic carbocycles. The van der Waals surface area contributed by atoms with Crippen LogP contribution in [0.5, 0.6) is 0 Å². The largest absolute Gasteiger partial charge is 0.388 e. The second-order valence-corrected chi connectivity index (χ2v) is 13.1. The quantitative estimate of drug-likeness (QED) is 0.0995. The number of rotatable bonds is 12. The number of hydrogen-bond donors (Lipinski definition) is 7. The molecular formula is C37H42N10O5. The molecule has 4 heterocycles. The average Bonchev–Trinajstić information content (AvgIpc) is 3.90. The van der Waals surface area contributed by atoms with E-state index < -0.39 is 36.8 Å². The lowest BCUT2D eigenvalue weighted by atomic mass is 9.91. The number of nitrogens with zero attached hydrogens (tertiary/aromatic N) is 6. The standard InChI is InChI=1S/C37H42N10O5/c48-21-30(49)43-28-17-29(33(51)32(28)50)47-22-41-31-34(39-19-27(23-9-3-1-4-10-23)24-11-5-2-6-12-24)44-36(45-35(31)47)46-16-14-26(20-46)42-37(52)40-18-25-13-7-8-15-38-25/h1-13,15,22,26-29,32-33,48,50-51H,14,16-21H2,(H,43,49)(H,39,44,45)(H2,40,42,52)/t26-,28+,29-,32-,33+/m1/s1. The highest BCUT2D eigenvalue weighted by molar-refractivity contribution is 5.85. The molecule has 0 bridgehead atoms. The highest BCUT2D eigenvalue weighted by Crippen LogP contribution is 2.35. The molecule has 2 aliphatic rings. The van der Waals surface area contributed by atoms with Crippen LogP contribution in [-0.4, -0.2) is 102 Å². The summed E-state index contributed by atoms with van der Waals surface area (Å²) in [6, 6.07) is 24.1. The van der Waals surface area contributed by atoms with Gasteiger partial charge in [-0.15, -0.1) is 0 Å². The van der Waals surface area contributed by atoms with Crippen LogP contribution in [0.2, 0.25) is 0 Å². The predicted octanol–water partition coefficient (Wildman–Crippen LogP) is 1.69. The van der Waals surface area contributed by atoms with E-state index in [0.29, 0.717) is 55.5 Å². The Morgan fingerprint density at radius 2 is 1.62 bits per heavy atom. The molecular weight excluding hydrogens is 664 g/mol. The first-order chi connectivity index (χ1) is 25.4. The van der Waals surface area contributed by atoms with E-state index in [4.69, 9.17) is 9.97 Å². The number of urea groups is 1. The Hall–Kier alpha value is -5.64. The van der Waals surface area contributed by atoms with E-state index in [1.54, 1.807) is 17.1 Å². The second-order valence-electron chi connectivity index (χ2n) is 13.1. The molecule has 3 aromatic heterocycles. The Balaban J connectivity index is 1.16. The van der Waals surface area contributed by atoms with Crippen molar-refractivity contribution in [1.82, 2.24) is 40.5 Å². The van der Waals surface area contributed by atoms with Gasteiger partial charge in [-0.25, -0.2) is 9.78 Å². The fourth-order valence-corrected chi connectivity index (χ4v) is 7.06. The van der Waals surface area contributed by atoms with Gasteiger partial charge in [-0.1, -0.05) is 66.7 Å². The molecule has 2 fully saturated rings. The van der Waals surface area contributed by atoms with Gasteiger partial charge in [0.25, 0.3) is 0 Å². The van der Waals surface area contributed by atoms with Gasteiger partial charge in [0.1, 0.15) is 18.8 Å². The van der Waals surface area contributed by atoms with Crippen molar-refractivity contribution in [3.63, 3.8) is 0 Å². The molecule has 270 valence electrons. The first-order valence-corrected chi connectivity index (χ1v) is 17.4. The van der Waals surface area contributed by atoms with Crippen LogP contribution < -0.4 is 26.2 Å². The van der Waals surface area contributed by atoms with Gasteiger partial charge < -0.3 is 46.1 Å².